The van der Waals surface area contributed by atoms with Crippen LogP contribution in [0.15, 0.2) is 29.8 Å². The molecule has 0 spiro atoms. The van der Waals surface area contributed by atoms with Gasteiger partial charge in [-0.2, -0.15) is 0 Å². The van der Waals surface area contributed by atoms with Crippen molar-refractivity contribution in [3.05, 3.63) is 35.4 Å². The number of carboxylic acid groups (broad SMARTS) is 1. The summed E-state index contributed by atoms with van der Waals surface area (Å²) in [6.45, 7) is 3.56. The van der Waals surface area contributed by atoms with Gasteiger partial charge in [0.2, 0.25) is 5.91 Å². The molecule has 0 saturated carbocycles. The third-order valence-corrected chi connectivity index (χ3v) is 1.92. The molecule has 1 amide bonds. The number of benzene rings is 1. The van der Waals surface area contributed by atoms with Gasteiger partial charge in [0.15, 0.2) is 0 Å². The summed E-state index contributed by atoms with van der Waals surface area (Å²) in [7, 11) is 0. The molecule has 0 heterocycles. The van der Waals surface area contributed by atoms with Crippen LogP contribution in [0.4, 0.5) is 5.69 Å². The lowest BCUT2D eigenvalue weighted by Gasteiger charge is -2.05. The highest BCUT2D eigenvalue weighted by Crippen LogP contribution is 2.21. The summed E-state index contributed by atoms with van der Waals surface area (Å²) in [5.74, 6) is -1.93. The van der Waals surface area contributed by atoms with E-state index in [0.29, 0.717) is 5.69 Å². The van der Waals surface area contributed by atoms with E-state index in [1.54, 1.807) is 13.8 Å². The lowest BCUT2D eigenvalue weighted by molar-refractivity contribution is -0.111. The van der Waals surface area contributed by atoms with Gasteiger partial charge < -0.3 is 15.5 Å². The molecule has 1 aromatic rings. The Hall–Kier alpha value is -2.30. The number of carbonyl (C=O) groups excluding carboxylic acids is 1. The van der Waals surface area contributed by atoms with Crippen molar-refractivity contribution >= 4 is 17.6 Å². The molecule has 0 aromatic heterocycles. The first-order chi connectivity index (χ1) is 7.90. The van der Waals surface area contributed by atoms with Gasteiger partial charge in [-0.1, -0.05) is 5.57 Å². The summed E-state index contributed by atoms with van der Waals surface area (Å²) >= 11 is 0. The number of aromatic hydroxyl groups is 1. The van der Waals surface area contributed by atoms with E-state index in [0.717, 1.165) is 5.57 Å². The van der Waals surface area contributed by atoms with Crippen LogP contribution in [0.3, 0.4) is 0 Å². The second-order valence-electron chi connectivity index (χ2n) is 3.75. The highest BCUT2D eigenvalue weighted by atomic mass is 16.4. The summed E-state index contributed by atoms with van der Waals surface area (Å²) in [4.78, 5) is 22.0. The molecule has 0 radical (unpaired) electrons. The van der Waals surface area contributed by atoms with E-state index in [4.69, 9.17) is 5.11 Å². The lowest BCUT2D eigenvalue weighted by atomic mass is 10.2. The predicted octanol–water partition coefficient (Wildman–Crippen LogP) is 2.00. The Labute approximate surface area is 98.4 Å². The maximum absolute atomic E-state index is 11.4. The zero-order chi connectivity index (χ0) is 13.0. The van der Waals surface area contributed by atoms with Crippen LogP contribution >= 0.6 is 0 Å². The van der Waals surface area contributed by atoms with Crippen molar-refractivity contribution < 1.29 is 19.8 Å². The fourth-order valence-electron chi connectivity index (χ4n) is 1.23. The first kappa shape index (κ1) is 12.8. The smallest absolute Gasteiger partial charge is 0.339 e. The minimum atomic E-state index is -1.22. The molecule has 0 saturated heterocycles. The SMILES string of the molecule is CC(C)=CC(=O)Nc1ccc(C(=O)O)c(O)c1. The molecule has 5 heteroatoms. The zero-order valence-corrected chi connectivity index (χ0v) is 9.52. The van der Waals surface area contributed by atoms with E-state index in [9.17, 15) is 14.7 Å². The topological polar surface area (TPSA) is 86.6 Å². The van der Waals surface area contributed by atoms with Crippen LogP contribution in [0.5, 0.6) is 5.75 Å². The number of rotatable bonds is 3. The number of phenols is 1. The van der Waals surface area contributed by atoms with E-state index in [1.807, 2.05) is 0 Å². The van der Waals surface area contributed by atoms with Crippen molar-refractivity contribution in [3.63, 3.8) is 0 Å². The van der Waals surface area contributed by atoms with Gasteiger partial charge in [0.05, 0.1) is 0 Å². The van der Waals surface area contributed by atoms with Gasteiger partial charge in [-0.25, -0.2) is 4.79 Å². The molecular formula is C12H13NO4. The molecule has 17 heavy (non-hydrogen) atoms. The fourth-order valence-corrected chi connectivity index (χ4v) is 1.23. The Kier molecular flexibility index (Phi) is 3.87. The summed E-state index contributed by atoms with van der Waals surface area (Å²) < 4.78 is 0. The average molecular weight is 235 g/mol. The van der Waals surface area contributed by atoms with Crippen LogP contribution in [0.2, 0.25) is 0 Å². The molecule has 0 bridgehead atoms. The van der Waals surface area contributed by atoms with Crippen molar-refractivity contribution in [3.8, 4) is 5.75 Å². The van der Waals surface area contributed by atoms with E-state index in [-0.39, 0.29) is 17.2 Å². The van der Waals surface area contributed by atoms with Gasteiger partial charge in [0.25, 0.3) is 0 Å². The number of carboxylic acids is 1. The third kappa shape index (κ3) is 3.64. The van der Waals surface area contributed by atoms with Crippen LogP contribution < -0.4 is 5.32 Å². The number of aromatic carboxylic acids is 1. The maximum atomic E-state index is 11.4. The predicted molar refractivity (Wildman–Crippen MR) is 63.1 cm³/mol. The molecule has 1 aromatic carbocycles. The molecule has 5 nitrogen and oxygen atoms in total. The minimum absolute atomic E-state index is 0.204. The van der Waals surface area contributed by atoms with Crippen LogP contribution in [-0.4, -0.2) is 22.1 Å². The molecule has 0 aliphatic heterocycles. The van der Waals surface area contributed by atoms with Crippen LogP contribution in [-0.2, 0) is 4.79 Å². The van der Waals surface area contributed by atoms with E-state index in [2.05, 4.69) is 5.32 Å². The second-order valence-corrected chi connectivity index (χ2v) is 3.75. The van der Waals surface area contributed by atoms with Crippen LogP contribution in [0, 0.1) is 0 Å². The van der Waals surface area contributed by atoms with Crippen molar-refractivity contribution in [2.45, 2.75) is 13.8 Å². The third-order valence-electron chi connectivity index (χ3n) is 1.92. The lowest BCUT2D eigenvalue weighted by Crippen LogP contribution is -2.08. The number of hydrogen-bond donors (Lipinski definition) is 3. The van der Waals surface area contributed by atoms with Gasteiger partial charge in [-0.05, 0) is 26.0 Å². The average Bonchev–Trinajstić information content (AvgIpc) is 2.15. The number of carbonyl (C=O) groups is 2. The summed E-state index contributed by atoms with van der Waals surface area (Å²) in [6.07, 6.45) is 1.40. The van der Waals surface area contributed by atoms with Crippen molar-refractivity contribution in [1.29, 1.82) is 0 Å². The number of amides is 1. The largest absolute Gasteiger partial charge is 0.507 e. The van der Waals surface area contributed by atoms with Gasteiger partial charge in [-0.15, -0.1) is 0 Å². The van der Waals surface area contributed by atoms with Gasteiger partial charge in [0.1, 0.15) is 11.3 Å². The Morgan fingerprint density at radius 2 is 1.94 bits per heavy atom. The van der Waals surface area contributed by atoms with Gasteiger partial charge in [0, 0.05) is 17.8 Å². The van der Waals surface area contributed by atoms with Crippen molar-refractivity contribution in [2.75, 3.05) is 5.32 Å². The number of anilines is 1. The molecule has 3 N–H and O–H groups in total. The Morgan fingerprint density at radius 3 is 2.41 bits per heavy atom. The first-order valence-corrected chi connectivity index (χ1v) is 4.92. The highest BCUT2D eigenvalue weighted by molar-refractivity contribution is 6.00. The molecule has 0 aliphatic carbocycles. The molecule has 0 aliphatic rings. The van der Waals surface area contributed by atoms with E-state index in [1.165, 1.54) is 24.3 Å². The standard InChI is InChI=1S/C12H13NO4/c1-7(2)5-11(15)13-8-3-4-9(12(16)17)10(14)6-8/h3-6,14H,1-2H3,(H,13,15)(H,16,17). The molecular weight excluding hydrogens is 222 g/mol. The van der Waals surface area contributed by atoms with Gasteiger partial charge in [-0.3, -0.25) is 4.79 Å². The normalized spacial score (nSPS) is 9.53. The highest BCUT2D eigenvalue weighted by Gasteiger charge is 2.10. The Bertz CT molecular complexity index is 487. The fraction of sp³-hybridized carbons (Fsp3) is 0.167. The number of allylic oxidation sites excluding steroid dienone is 1. The van der Waals surface area contributed by atoms with Crippen molar-refractivity contribution in [2.24, 2.45) is 0 Å². The van der Waals surface area contributed by atoms with E-state index < -0.39 is 5.97 Å². The molecule has 0 fully saturated rings. The Balaban J connectivity index is 2.88. The minimum Gasteiger partial charge on any atom is -0.507 e. The maximum Gasteiger partial charge on any atom is 0.339 e. The molecule has 90 valence electrons. The van der Waals surface area contributed by atoms with E-state index >= 15 is 0 Å². The second kappa shape index (κ2) is 5.16. The Morgan fingerprint density at radius 1 is 1.29 bits per heavy atom. The number of nitrogens with one attached hydrogen (secondary N) is 1. The summed E-state index contributed by atoms with van der Waals surface area (Å²) in [6, 6.07) is 3.84. The summed E-state index contributed by atoms with van der Waals surface area (Å²) in [5.41, 5.74) is 0.981. The molecule has 1 rings (SSSR count). The van der Waals surface area contributed by atoms with Crippen molar-refractivity contribution in [1.82, 2.24) is 0 Å². The monoisotopic (exact) mass is 235 g/mol. The van der Waals surface area contributed by atoms with Gasteiger partial charge >= 0.3 is 5.97 Å². The summed E-state index contributed by atoms with van der Waals surface area (Å²) in [5, 5.41) is 20.6. The molecule has 0 atom stereocenters. The van der Waals surface area contributed by atoms with Crippen LogP contribution in [0.25, 0.3) is 0 Å². The number of hydrogen-bond acceptors (Lipinski definition) is 3. The zero-order valence-electron chi connectivity index (χ0n) is 9.52. The molecule has 0 unspecified atom stereocenters. The quantitative estimate of drug-likeness (QED) is 0.699. The first-order valence-electron chi connectivity index (χ1n) is 4.92. The van der Waals surface area contributed by atoms with Crippen LogP contribution in [0.1, 0.15) is 24.2 Å².